The predicted molar refractivity (Wildman–Crippen MR) is 129 cm³/mol. The lowest BCUT2D eigenvalue weighted by Crippen LogP contribution is -2.26. The Bertz CT molecular complexity index is 1140. The lowest BCUT2D eigenvalue weighted by Gasteiger charge is -2.25. The minimum absolute atomic E-state index is 0.0484. The molecule has 0 radical (unpaired) electrons. The Morgan fingerprint density at radius 3 is 2.09 bits per heavy atom. The van der Waals surface area contributed by atoms with Gasteiger partial charge in [-0.15, -0.1) is 11.3 Å². The summed E-state index contributed by atoms with van der Waals surface area (Å²) in [5.41, 5.74) is 3.13. The average Bonchev–Trinajstić information content (AvgIpc) is 3.31. The van der Waals surface area contributed by atoms with E-state index in [0.29, 0.717) is 30.2 Å². The van der Waals surface area contributed by atoms with Crippen molar-refractivity contribution in [2.24, 2.45) is 0 Å². The molecule has 33 heavy (non-hydrogen) atoms. The first-order valence-electron chi connectivity index (χ1n) is 10.8. The van der Waals surface area contributed by atoms with Gasteiger partial charge in [0.15, 0.2) is 5.69 Å². The zero-order valence-corrected chi connectivity index (χ0v) is 18.9. The van der Waals surface area contributed by atoms with Crippen molar-refractivity contribution in [3.8, 4) is 0 Å². The molecule has 1 heterocycles. The van der Waals surface area contributed by atoms with Crippen LogP contribution in [0.15, 0.2) is 90.3 Å². The average molecular weight is 461 g/mol. The summed E-state index contributed by atoms with van der Waals surface area (Å²) in [6.07, 6.45) is 0.833. The third kappa shape index (κ3) is 6.12. The van der Waals surface area contributed by atoms with Crippen LogP contribution in [-0.4, -0.2) is 27.5 Å². The first kappa shape index (κ1) is 22.8. The van der Waals surface area contributed by atoms with E-state index < -0.39 is 5.97 Å². The Balaban J connectivity index is 1.57. The second kappa shape index (κ2) is 11.0. The second-order valence-electron chi connectivity index (χ2n) is 7.90. The van der Waals surface area contributed by atoms with E-state index in [2.05, 4.69) is 34.1 Å². The highest BCUT2D eigenvalue weighted by Crippen LogP contribution is 2.29. The molecule has 3 aromatic carbocycles. The summed E-state index contributed by atoms with van der Waals surface area (Å²) < 4.78 is 14.4. The highest BCUT2D eigenvalue weighted by Gasteiger charge is 2.19. The summed E-state index contributed by atoms with van der Waals surface area (Å²) in [6.45, 7) is 1.58. The molecule has 1 N–H and O–H groups in total. The van der Waals surface area contributed by atoms with Crippen LogP contribution in [0.2, 0.25) is 0 Å². The van der Waals surface area contributed by atoms with E-state index in [9.17, 15) is 14.3 Å². The monoisotopic (exact) mass is 460 g/mol. The number of rotatable bonds is 10. The summed E-state index contributed by atoms with van der Waals surface area (Å²) in [5.74, 6) is -1.08. The zero-order valence-electron chi connectivity index (χ0n) is 18.1. The Hall–Kier alpha value is -3.35. The van der Waals surface area contributed by atoms with Gasteiger partial charge in [-0.2, -0.15) is 0 Å². The van der Waals surface area contributed by atoms with Crippen LogP contribution in [-0.2, 0) is 13.1 Å². The molecule has 0 spiro atoms. The third-order valence-corrected chi connectivity index (χ3v) is 6.45. The number of aromatic nitrogens is 1. The van der Waals surface area contributed by atoms with E-state index >= 15 is 0 Å². The van der Waals surface area contributed by atoms with Crippen LogP contribution < -0.4 is 0 Å². The fraction of sp³-hybridized carbons (Fsp3) is 0.185. The molecule has 0 amide bonds. The summed E-state index contributed by atoms with van der Waals surface area (Å²) in [4.78, 5) is 17.6. The van der Waals surface area contributed by atoms with Crippen molar-refractivity contribution in [1.82, 2.24) is 9.88 Å². The smallest absolute Gasteiger partial charge is 0.355 e. The van der Waals surface area contributed by atoms with Crippen LogP contribution in [0.1, 0.15) is 44.5 Å². The molecule has 0 fully saturated rings. The van der Waals surface area contributed by atoms with Gasteiger partial charge in [0.2, 0.25) is 0 Å². The minimum atomic E-state index is -1.04. The van der Waals surface area contributed by atoms with Gasteiger partial charge in [0, 0.05) is 23.4 Å². The normalized spacial score (nSPS) is 11.2. The quantitative estimate of drug-likeness (QED) is 0.306. The van der Waals surface area contributed by atoms with E-state index in [1.807, 2.05) is 42.5 Å². The number of carboxylic acids is 1. The van der Waals surface area contributed by atoms with Crippen molar-refractivity contribution in [3.63, 3.8) is 0 Å². The molecule has 0 bridgehead atoms. The minimum Gasteiger partial charge on any atom is -0.476 e. The van der Waals surface area contributed by atoms with Crippen molar-refractivity contribution in [2.75, 3.05) is 6.54 Å². The topological polar surface area (TPSA) is 53.4 Å². The van der Waals surface area contributed by atoms with Crippen LogP contribution in [0.25, 0.3) is 0 Å². The number of hydrogen-bond acceptors (Lipinski definition) is 4. The second-order valence-corrected chi connectivity index (χ2v) is 8.84. The molecule has 4 rings (SSSR count). The standard InChI is InChI=1S/C27H25FN2O2S/c28-24-14-8-7-13-22(24)17-30(18-26-29-25(19-33-26)27(31)32)16-15-23(20-9-3-1-4-10-20)21-11-5-2-6-12-21/h1-14,19,23H,15-18H2,(H,31,32). The molecule has 4 nitrogen and oxygen atoms in total. The van der Waals surface area contributed by atoms with Crippen LogP contribution in [0.4, 0.5) is 4.39 Å². The Morgan fingerprint density at radius 1 is 0.909 bits per heavy atom. The maximum absolute atomic E-state index is 14.4. The molecule has 4 aromatic rings. The van der Waals surface area contributed by atoms with Gasteiger partial charge >= 0.3 is 5.97 Å². The van der Waals surface area contributed by atoms with E-state index in [1.54, 1.807) is 17.5 Å². The lowest BCUT2D eigenvalue weighted by molar-refractivity contribution is 0.0691. The number of benzene rings is 3. The van der Waals surface area contributed by atoms with Gasteiger partial charge in [0.25, 0.3) is 0 Å². The summed E-state index contributed by atoms with van der Waals surface area (Å²) in [6, 6.07) is 27.5. The molecule has 0 saturated carbocycles. The summed E-state index contributed by atoms with van der Waals surface area (Å²) in [7, 11) is 0. The van der Waals surface area contributed by atoms with Gasteiger partial charge in [-0.3, -0.25) is 4.90 Å². The Labute approximate surface area is 197 Å². The van der Waals surface area contributed by atoms with Gasteiger partial charge in [-0.05, 0) is 30.2 Å². The largest absolute Gasteiger partial charge is 0.476 e. The first-order chi connectivity index (χ1) is 16.1. The van der Waals surface area contributed by atoms with Crippen LogP contribution in [0.3, 0.4) is 0 Å². The fourth-order valence-corrected chi connectivity index (χ4v) is 4.77. The van der Waals surface area contributed by atoms with Crippen molar-refractivity contribution in [3.05, 3.63) is 124 Å². The van der Waals surface area contributed by atoms with E-state index in [0.717, 1.165) is 6.42 Å². The summed E-state index contributed by atoms with van der Waals surface area (Å²) in [5, 5.41) is 11.5. The number of aromatic carboxylic acids is 1. The number of nitrogens with zero attached hydrogens (tertiary/aromatic N) is 2. The number of carbonyl (C=O) groups is 1. The van der Waals surface area contributed by atoms with Gasteiger partial charge in [0.1, 0.15) is 10.8 Å². The molecule has 0 aliphatic carbocycles. The predicted octanol–water partition coefficient (Wildman–Crippen LogP) is 6.20. The number of hydrogen-bond donors (Lipinski definition) is 1. The van der Waals surface area contributed by atoms with Gasteiger partial charge in [-0.1, -0.05) is 78.9 Å². The zero-order chi connectivity index (χ0) is 23.0. The molecule has 1 aromatic heterocycles. The van der Waals surface area contributed by atoms with Crippen molar-refractivity contribution < 1.29 is 14.3 Å². The molecular weight excluding hydrogens is 435 g/mol. The molecule has 168 valence electrons. The van der Waals surface area contributed by atoms with E-state index in [1.165, 1.54) is 28.5 Å². The highest BCUT2D eigenvalue weighted by atomic mass is 32.1. The van der Waals surface area contributed by atoms with Gasteiger partial charge in [0.05, 0.1) is 6.54 Å². The van der Waals surface area contributed by atoms with Gasteiger partial charge < -0.3 is 5.11 Å². The lowest BCUT2D eigenvalue weighted by atomic mass is 9.88. The number of halogens is 1. The van der Waals surface area contributed by atoms with Crippen molar-refractivity contribution in [2.45, 2.75) is 25.4 Å². The number of thiazole rings is 1. The Morgan fingerprint density at radius 2 is 1.52 bits per heavy atom. The summed E-state index contributed by atoms with van der Waals surface area (Å²) >= 11 is 1.32. The molecule has 0 aliphatic heterocycles. The molecule has 0 saturated heterocycles. The maximum Gasteiger partial charge on any atom is 0.355 e. The van der Waals surface area contributed by atoms with Crippen molar-refractivity contribution >= 4 is 17.3 Å². The van der Waals surface area contributed by atoms with Crippen LogP contribution >= 0.6 is 11.3 Å². The first-order valence-corrected chi connectivity index (χ1v) is 11.7. The molecule has 0 unspecified atom stereocenters. The molecule has 0 atom stereocenters. The number of carboxylic acid groups (broad SMARTS) is 1. The van der Waals surface area contributed by atoms with E-state index in [4.69, 9.17) is 0 Å². The van der Waals surface area contributed by atoms with Crippen molar-refractivity contribution in [1.29, 1.82) is 0 Å². The SMILES string of the molecule is O=C(O)c1csc(CN(CCC(c2ccccc2)c2ccccc2)Cc2ccccc2F)n1. The highest BCUT2D eigenvalue weighted by molar-refractivity contribution is 7.09. The van der Waals surface area contributed by atoms with Crippen LogP contribution in [0.5, 0.6) is 0 Å². The molecular formula is C27H25FN2O2S. The Kier molecular flexibility index (Phi) is 7.60. The van der Waals surface area contributed by atoms with Crippen LogP contribution in [0, 0.1) is 5.82 Å². The molecule has 0 aliphatic rings. The van der Waals surface area contributed by atoms with Gasteiger partial charge in [-0.25, -0.2) is 14.2 Å². The van der Waals surface area contributed by atoms with E-state index in [-0.39, 0.29) is 17.4 Å². The third-order valence-electron chi connectivity index (χ3n) is 5.62. The molecule has 6 heteroatoms. The fourth-order valence-electron chi connectivity index (χ4n) is 3.96. The maximum atomic E-state index is 14.4.